The summed E-state index contributed by atoms with van der Waals surface area (Å²) in [5.74, 6) is -0.248. The fourth-order valence-electron chi connectivity index (χ4n) is 2.96. The van der Waals surface area contributed by atoms with E-state index in [4.69, 9.17) is 0 Å². The molecule has 0 bridgehead atoms. The summed E-state index contributed by atoms with van der Waals surface area (Å²) in [7, 11) is -3.34. The Balaban J connectivity index is 1.66. The first kappa shape index (κ1) is 16.9. The lowest BCUT2D eigenvalue weighted by atomic mass is 10.1. The highest BCUT2D eigenvalue weighted by Crippen LogP contribution is 2.20. The summed E-state index contributed by atoms with van der Waals surface area (Å²) in [4.78, 5) is 2.02. The third kappa shape index (κ3) is 3.76. The van der Waals surface area contributed by atoms with Crippen molar-refractivity contribution in [3.63, 3.8) is 0 Å². The van der Waals surface area contributed by atoms with Crippen LogP contribution in [0.15, 0.2) is 48.5 Å². The Hall–Kier alpha value is -1.92. The number of rotatable bonds is 4. The maximum atomic E-state index is 13.3. The zero-order valence-electron chi connectivity index (χ0n) is 13.7. The molecule has 1 aliphatic rings. The number of piperazine rings is 1. The quantitative estimate of drug-likeness (QED) is 0.853. The molecule has 0 saturated carbocycles. The molecule has 3 rings (SSSR count). The highest BCUT2D eigenvalue weighted by molar-refractivity contribution is 7.88. The van der Waals surface area contributed by atoms with Gasteiger partial charge in [-0.05, 0) is 36.2 Å². The van der Waals surface area contributed by atoms with Crippen LogP contribution < -0.4 is 4.90 Å². The second-order valence-corrected chi connectivity index (χ2v) is 8.02. The molecule has 1 heterocycles. The molecule has 0 aromatic heterocycles. The molecule has 24 heavy (non-hydrogen) atoms. The standard InChI is InChI=1S/C18H21FN2O2S/c1-15-5-2-3-6-16(15)14-24(22,23)21-11-9-20(10-12-21)18-8-4-7-17(19)13-18/h2-8,13H,9-12,14H2,1H3. The Morgan fingerprint density at radius 1 is 1.00 bits per heavy atom. The Bertz CT molecular complexity index is 815. The van der Waals surface area contributed by atoms with E-state index in [1.54, 1.807) is 6.07 Å². The van der Waals surface area contributed by atoms with Crippen molar-refractivity contribution in [3.8, 4) is 0 Å². The summed E-state index contributed by atoms with van der Waals surface area (Å²) >= 11 is 0. The van der Waals surface area contributed by atoms with Crippen molar-refractivity contribution in [2.45, 2.75) is 12.7 Å². The SMILES string of the molecule is Cc1ccccc1CS(=O)(=O)N1CCN(c2cccc(F)c2)CC1. The van der Waals surface area contributed by atoms with Crippen molar-refractivity contribution >= 4 is 15.7 Å². The van der Waals surface area contributed by atoms with Crippen LogP contribution >= 0.6 is 0 Å². The van der Waals surface area contributed by atoms with Gasteiger partial charge in [0.2, 0.25) is 10.0 Å². The topological polar surface area (TPSA) is 40.6 Å². The molecule has 2 aromatic rings. The van der Waals surface area contributed by atoms with E-state index in [1.165, 1.54) is 16.4 Å². The Labute approximate surface area is 142 Å². The van der Waals surface area contributed by atoms with Gasteiger partial charge in [-0.25, -0.2) is 12.8 Å². The van der Waals surface area contributed by atoms with Gasteiger partial charge in [0.1, 0.15) is 5.82 Å². The van der Waals surface area contributed by atoms with E-state index < -0.39 is 10.0 Å². The molecule has 0 aliphatic carbocycles. The lowest BCUT2D eigenvalue weighted by Crippen LogP contribution is -2.49. The minimum Gasteiger partial charge on any atom is -0.369 e. The van der Waals surface area contributed by atoms with Crippen LogP contribution in [0.2, 0.25) is 0 Å². The summed E-state index contributed by atoms with van der Waals surface area (Å²) in [5, 5.41) is 0. The smallest absolute Gasteiger partial charge is 0.218 e. The molecule has 0 unspecified atom stereocenters. The van der Waals surface area contributed by atoms with Gasteiger partial charge in [0.05, 0.1) is 5.75 Å². The average Bonchev–Trinajstić information content (AvgIpc) is 2.57. The monoisotopic (exact) mass is 348 g/mol. The number of sulfonamides is 1. The van der Waals surface area contributed by atoms with Crippen molar-refractivity contribution in [3.05, 3.63) is 65.5 Å². The van der Waals surface area contributed by atoms with E-state index >= 15 is 0 Å². The van der Waals surface area contributed by atoms with Crippen LogP contribution in [0.1, 0.15) is 11.1 Å². The first-order valence-electron chi connectivity index (χ1n) is 7.98. The van der Waals surface area contributed by atoms with Crippen LogP contribution in [0.4, 0.5) is 10.1 Å². The zero-order chi connectivity index (χ0) is 17.2. The molecule has 0 atom stereocenters. The first-order chi connectivity index (χ1) is 11.5. The van der Waals surface area contributed by atoms with Gasteiger partial charge < -0.3 is 4.90 Å². The minimum atomic E-state index is -3.34. The second-order valence-electron chi connectivity index (χ2n) is 6.05. The molecule has 0 radical (unpaired) electrons. The Morgan fingerprint density at radius 2 is 1.71 bits per heavy atom. The van der Waals surface area contributed by atoms with E-state index in [9.17, 15) is 12.8 Å². The zero-order valence-corrected chi connectivity index (χ0v) is 14.5. The summed E-state index contributed by atoms with van der Waals surface area (Å²) in [5.41, 5.74) is 2.62. The molecular weight excluding hydrogens is 327 g/mol. The van der Waals surface area contributed by atoms with Gasteiger partial charge in [0.15, 0.2) is 0 Å². The van der Waals surface area contributed by atoms with Crippen LogP contribution in [0, 0.1) is 12.7 Å². The molecule has 0 spiro atoms. The fourth-order valence-corrected chi connectivity index (χ4v) is 4.58. The van der Waals surface area contributed by atoms with Crippen LogP contribution in [0.25, 0.3) is 0 Å². The van der Waals surface area contributed by atoms with Crippen LogP contribution in [0.3, 0.4) is 0 Å². The number of benzene rings is 2. The predicted molar refractivity (Wildman–Crippen MR) is 94.0 cm³/mol. The van der Waals surface area contributed by atoms with Crippen molar-refractivity contribution in [1.29, 1.82) is 0 Å². The largest absolute Gasteiger partial charge is 0.369 e. The van der Waals surface area contributed by atoms with E-state index in [-0.39, 0.29) is 11.6 Å². The van der Waals surface area contributed by atoms with Crippen molar-refractivity contribution in [2.24, 2.45) is 0 Å². The molecule has 1 saturated heterocycles. The van der Waals surface area contributed by atoms with E-state index in [0.717, 1.165) is 16.8 Å². The molecule has 0 amide bonds. The summed E-state index contributed by atoms with van der Waals surface area (Å²) in [6.45, 7) is 3.90. The van der Waals surface area contributed by atoms with E-state index in [1.807, 2.05) is 42.2 Å². The summed E-state index contributed by atoms with van der Waals surface area (Å²) in [6, 6.07) is 14.0. The first-order valence-corrected chi connectivity index (χ1v) is 9.59. The van der Waals surface area contributed by atoms with Gasteiger partial charge in [-0.1, -0.05) is 30.3 Å². The summed E-state index contributed by atoms with van der Waals surface area (Å²) in [6.07, 6.45) is 0. The van der Waals surface area contributed by atoms with Crippen LogP contribution in [0.5, 0.6) is 0 Å². The molecule has 0 N–H and O–H groups in total. The van der Waals surface area contributed by atoms with Crippen molar-refractivity contribution < 1.29 is 12.8 Å². The molecule has 1 aliphatic heterocycles. The average molecular weight is 348 g/mol. The third-order valence-corrected chi connectivity index (χ3v) is 6.23. The maximum Gasteiger partial charge on any atom is 0.218 e. The van der Waals surface area contributed by atoms with Gasteiger partial charge in [-0.15, -0.1) is 0 Å². The third-order valence-electron chi connectivity index (χ3n) is 4.40. The number of nitrogens with zero attached hydrogens (tertiary/aromatic N) is 2. The second kappa shape index (κ2) is 6.91. The molecule has 128 valence electrons. The van der Waals surface area contributed by atoms with Gasteiger partial charge >= 0.3 is 0 Å². The molecule has 2 aromatic carbocycles. The Morgan fingerprint density at radius 3 is 2.38 bits per heavy atom. The van der Waals surface area contributed by atoms with Crippen LogP contribution in [-0.4, -0.2) is 38.9 Å². The van der Waals surface area contributed by atoms with E-state index in [2.05, 4.69) is 0 Å². The number of anilines is 1. The van der Waals surface area contributed by atoms with Gasteiger partial charge in [-0.2, -0.15) is 4.31 Å². The molecule has 4 nitrogen and oxygen atoms in total. The molecule has 1 fully saturated rings. The van der Waals surface area contributed by atoms with Crippen molar-refractivity contribution in [2.75, 3.05) is 31.1 Å². The van der Waals surface area contributed by atoms with Gasteiger partial charge in [0, 0.05) is 31.9 Å². The van der Waals surface area contributed by atoms with Gasteiger partial charge in [0.25, 0.3) is 0 Å². The number of hydrogen-bond acceptors (Lipinski definition) is 3. The summed E-state index contributed by atoms with van der Waals surface area (Å²) < 4.78 is 40.2. The lowest BCUT2D eigenvalue weighted by molar-refractivity contribution is 0.384. The van der Waals surface area contributed by atoms with Crippen molar-refractivity contribution in [1.82, 2.24) is 4.31 Å². The normalized spacial score (nSPS) is 16.3. The molecule has 6 heteroatoms. The lowest BCUT2D eigenvalue weighted by Gasteiger charge is -2.35. The van der Waals surface area contributed by atoms with Crippen LogP contribution in [-0.2, 0) is 15.8 Å². The number of hydrogen-bond donors (Lipinski definition) is 0. The fraction of sp³-hybridized carbons (Fsp3) is 0.333. The highest BCUT2D eigenvalue weighted by Gasteiger charge is 2.27. The Kier molecular flexibility index (Phi) is 4.87. The minimum absolute atomic E-state index is 0.0274. The molecular formula is C18H21FN2O2S. The highest BCUT2D eigenvalue weighted by atomic mass is 32.2. The predicted octanol–water partition coefficient (Wildman–Crippen LogP) is 2.79. The number of halogens is 1. The van der Waals surface area contributed by atoms with Gasteiger partial charge in [-0.3, -0.25) is 0 Å². The number of aryl methyl sites for hydroxylation is 1. The van der Waals surface area contributed by atoms with E-state index in [0.29, 0.717) is 26.2 Å². The maximum absolute atomic E-state index is 13.3.